The van der Waals surface area contributed by atoms with Crippen molar-refractivity contribution in [2.24, 2.45) is 0 Å². The van der Waals surface area contributed by atoms with E-state index in [-0.39, 0.29) is 5.78 Å². The van der Waals surface area contributed by atoms with E-state index in [9.17, 15) is 13.2 Å². The number of ketones is 1. The van der Waals surface area contributed by atoms with E-state index in [1.165, 1.54) is 11.8 Å². The number of carbonyl (C=O) groups is 1. The Labute approximate surface area is 179 Å². The van der Waals surface area contributed by atoms with Crippen LogP contribution < -0.4 is 4.72 Å². The predicted molar refractivity (Wildman–Crippen MR) is 117 cm³/mol. The minimum absolute atomic E-state index is 0.0971. The van der Waals surface area contributed by atoms with Gasteiger partial charge in [-0.2, -0.15) is 0 Å². The molecule has 0 aliphatic rings. The van der Waals surface area contributed by atoms with E-state index in [1.54, 1.807) is 43.5 Å². The van der Waals surface area contributed by atoms with Crippen molar-refractivity contribution in [3.63, 3.8) is 0 Å². The molecular formula is C20H22N4O4S2. The number of aromatic nitrogens is 3. The van der Waals surface area contributed by atoms with Gasteiger partial charge in [-0.25, -0.2) is 8.42 Å². The van der Waals surface area contributed by atoms with Crippen LogP contribution in [0.15, 0.2) is 58.8 Å². The quantitative estimate of drug-likeness (QED) is 0.303. The molecule has 0 aliphatic heterocycles. The Hall–Kier alpha value is -2.85. The third kappa shape index (κ3) is 5.00. The minimum Gasteiger partial charge on any atom is -0.469 e. The van der Waals surface area contributed by atoms with Gasteiger partial charge in [-0.3, -0.25) is 14.1 Å². The zero-order chi connectivity index (χ0) is 21.9. The number of anilines is 1. The zero-order valence-electron chi connectivity index (χ0n) is 16.8. The van der Waals surface area contributed by atoms with E-state index < -0.39 is 15.3 Å². The van der Waals surface area contributed by atoms with Gasteiger partial charge in [-0.05, 0) is 44.2 Å². The van der Waals surface area contributed by atoms with E-state index in [2.05, 4.69) is 21.5 Å². The van der Waals surface area contributed by atoms with Crippen LogP contribution in [0.4, 0.5) is 5.69 Å². The van der Waals surface area contributed by atoms with Crippen molar-refractivity contribution in [1.29, 1.82) is 0 Å². The second kappa shape index (κ2) is 8.88. The second-order valence-corrected chi connectivity index (χ2v) is 9.73. The Morgan fingerprint density at radius 1 is 1.30 bits per heavy atom. The molecule has 3 rings (SSSR count). The fourth-order valence-electron chi connectivity index (χ4n) is 2.85. The highest BCUT2D eigenvalue weighted by Gasteiger charge is 2.22. The topological polar surface area (TPSA) is 107 Å². The lowest BCUT2D eigenvalue weighted by Gasteiger charge is -2.12. The molecule has 0 amide bonds. The summed E-state index contributed by atoms with van der Waals surface area (Å²) < 4.78 is 32.3. The van der Waals surface area contributed by atoms with Gasteiger partial charge in [-0.1, -0.05) is 17.8 Å². The Morgan fingerprint density at radius 2 is 2.00 bits per heavy atom. The van der Waals surface area contributed by atoms with Crippen molar-refractivity contribution >= 4 is 33.3 Å². The van der Waals surface area contributed by atoms with Gasteiger partial charge in [0.25, 0.3) is 0 Å². The summed E-state index contributed by atoms with van der Waals surface area (Å²) in [6, 6.07) is 8.15. The third-order valence-electron chi connectivity index (χ3n) is 4.25. The summed E-state index contributed by atoms with van der Waals surface area (Å²) >= 11 is 1.30. The summed E-state index contributed by atoms with van der Waals surface area (Å²) in [6.07, 6.45) is 4.41. The normalized spacial score (nSPS) is 12.5. The number of benzene rings is 1. The van der Waals surface area contributed by atoms with Gasteiger partial charge in [0.2, 0.25) is 10.0 Å². The molecule has 0 fully saturated rings. The van der Waals surface area contributed by atoms with E-state index in [1.807, 2.05) is 17.6 Å². The predicted octanol–water partition coefficient (Wildman–Crippen LogP) is 3.77. The summed E-state index contributed by atoms with van der Waals surface area (Å²) in [7, 11) is -3.37. The molecular weight excluding hydrogens is 424 g/mol. The first kappa shape index (κ1) is 21.8. The lowest BCUT2D eigenvalue weighted by atomic mass is 10.1. The molecule has 0 saturated heterocycles. The van der Waals surface area contributed by atoms with Gasteiger partial charge in [0.05, 0.1) is 23.3 Å². The number of furan rings is 1. The third-order valence-corrected chi connectivity index (χ3v) is 5.94. The van der Waals surface area contributed by atoms with Crippen LogP contribution in [0.2, 0.25) is 0 Å². The molecule has 1 aromatic carbocycles. The molecule has 158 valence electrons. The molecule has 8 nitrogen and oxygen atoms in total. The van der Waals surface area contributed by atoms with Crippen molar-refractivity contribution < 1.29 is 17.6 Å². The molecule has 2 heterocycles. The smallest absolute Gasteiger partial charge is 0.229 e. The van der Waals surface area contributed by atoms with Crippen LogP contribution in [0.3, 0.4) is 0 Å². The fourth-order valence-corrected chi connectivity index (χ4v) is 4.35. The van der Waals surface area contributed by atoms with Gasteiger partial charge in [0, 0.05) is 17.8 Å². The maximum absolute atomic E-state index is 12.9. The summed E-state index contributed by atoms with van der Waals surface area (Å²) in [4.78, 5) is 12.9. The number of nitrogens with one attached hydrogen (secondary N) is 1. The average molecular weight is 447 g/mol. The van der Waals surface area contributed by atoms with Crippen LogP contribution in [-0.4, -0.2) is 40.5 Å². The first-order chi connectivity index (χ1) is 14.2. The lowest BCUT2D eigenvalue weighted by molar-refractivity contribution is 0.0994. The zero-order valence-corrected chi connectivity index (χ0v) is 18.5. The van der Waals surface area contributed by atoms with Crippen molar-refractivity contribution in [3.05, 3.63) is 60.6 Å². The highest BCUT2D eigenvalue weighted by atomic mass is 32.2. The summed E-state index contributed by atoms with van der Waals surface area (Å²) in [6.45, 7) is 7.93. The summed E-state index contributed by atoms with van der Waals surface area (Å²) in [5.41, 5.74) is 1.72. The monoisotopic (exact) mass is 446 g/mol. The van der Waals surface area contributed by atoms with Gasteiger partial charge in [-0.15, -0.1) is 16.8 Å². The Kier molecular flexibility index (Phi) is 6.47. The van der Waals surface area contributed by atoms with Crippen LogP contribution in [0, 0.1) is 6.92 Å². The van der Waals surface area contributed by atoms with Gasteiger partial charge in [0.15, 0.2) is 16.8 Å². The van der Waals surface area contributed by atoms with Crippen LogP contribution in [0.25, 0.3) is 11.4 Å². The van der Waals surface area contributed by atoms with Crippen LogP contribution in [0.5, 0.6) is 0 Å². The Morgan fingerprint density at radius 3 is 2.57 bits per heavy atom. The van der Waals surface area contributed by atoms with Crippen molar-refractivity contribution in [2.45, 2.75) is 30.8 Å². The first-order valence-corrected chi connectivity index (χ1v) is 11.8. The second-order valence-electron chi connectivity index (χ2n) is 6.67. The Balaban J connectivity index is 1.79. The lowest BCUT2D eigenvalue weighted by Crippen LogP contribution is -2.15. The molecule has 1 unspecified atom stereocenters. The largest absolute Gasteiger partial charge is 0.469 e. The molecule has 0 spiro atoms. The Bertz CT molecular complexity index is 1160. The highest BCUT2D eigenvalue weighted by Crippen LogP contribution is 2.30. The SMILES string of the molecule is C=CCn1c(SC(C)C(=O)c2ccc(NS(C)(=O)=O)cc2)nnc1-c1ccoc1C. The number of thioether (sulfide) groups is 1. The number of hydrogen-bond donors (Lipinski definition) is 1. The molecule has 2 aromatic heterocycles. The number of rotatable bonds is 9. The molecule has 10 heteroatoms. The first-order valence-electron chi connectivity index (χ1n) is 9.07. The molecule has 0 radical (unpaired) electrons. The minimum atomic E-state index is -3.37. The number of allylic oxidation sites excluding steroid dienone is 1. The van der Waals surface area contributed by atoms with E-state index in [4.69, 9.17) is 4.42 Å². The molecule has 1 N–H and O–H groups in total. The molecule has 3 aromatic rings. The molecule has 0 aliphatic carbocycles. The number of Topliss-reactive ketones (excluding diaryl/α,β-unsaturated/α-hetero) is 1. The van der Waals surface area contributed by atoms with Crippen molar-refractivity contribution in [1.82, 2.24) is 14.8 Å². The number of carbonyl (C=O) groups excluding carboxylic acids is 1. The van der Waals surface area contributed by atoms with Crippen LogP contribution in [0.1, 0.15) is 23.0 Å². The van der Waals surface area contributed by atoms with E-state index in [0.29, 0.717) is 28.8 Å². The molecule has 0 saturated carbocycles. The molecule has 30 heavy (non-hydrogen) atoms. The number of aryl methyl sites for hydroxylation is 1. The fraction of sp³-hybridized carbons (Fsp3) is 0.250. The maximum Gasteiger partial charge on any atom is 0.229 e. The maximum atomic E-state index is 12.9. The average Bonchev–Trinajstić information content (AvgIpc) is 3.27. The standard InChI is InChI=1S/C20H22N4O4S2/c1-5-11-24-19(17-10-12-28-13(17)2)21-22-20(24)29-14(3)18(25)15-6-8-16(9-7-15)23-30(4,26)27/h5-10,12,14,23H,1,11H2,2-4H3. The van der Waals surface area contributed by atoms with Crippen molar-refractivity contribution in [2.75, 3.05) is 11.0 Å². The molecule has 0 bridgehead atoms. The van der Waals surface area contributed by atoms with Crippen LogP contribution >= 0.6 is 11.8 Å². The number of nitrogens with zero attached hydrogens (tertiary/aromatic N) is 3. The van der Waals surface area contributed by atoms with Crippen LogP contribution in [-0.2, 0) is 16.6 Å². The number of hydrogen-bond acceptors (Lipinski definition) is 7. The summed E-state index contributed by atoms with van der Waals surface area (Å²) in [5, 5.41) is 8.71. The van der Waals surface area contributed by atoms with E-state index in [0.717, 1.165) is 17.6 Å². The molecule has 1 atom stereocenters. The van der Waals surface area contributed by atoms with Gasteiger partial charge < -0.3 is 4.42 Å². The van der Waals surface area contributed by atoms with E-state index >= 15 is 0 Å². The van der Waals surface area contributed by atoms with Gasteiger partial charge in [0.1, 0.15) is 5.76 Å². The number of sulfonamides is 1. The highest BCUT2D eigenvalue weighted by molar-refractivity contribution is 8.00. The van der Waals surface area contributed by atoms with Gasteiger partial charge >= 0.3 is 0 Å². The van der Waals surface area contributed by atoms with Crippen molar-refractivity contribution in [3.8, 4) is 11.4 Å². The summed E-state index contributed by atoms with van der Waals surface area (Å²) in [5.74, 6) is 1.29.